The summed E-state index contributed by atoms with van der Waals surface area (Å²) in [4.78, 5) is 28.2. The highest BCUT2D eigenvalue weighted by Gasteiger charge is 2.35. The average molecular weight is 633 g/mol. The van der Waals surface area contributed by atoms with Crippen molar-refractivity contribution in [1.82, 2.24) is 34.0 Å². The fourth-order valence-electron chi connectivity index (χ4n) is 6.29. The molecular formula is C30H26F2N8O4S. The molecule has 1 aliphatic carbocycles. The highest BCUT2D eigenvalue weighted by molar-refractivity contribution is 7.89. The summed E-state index contributed by atoms with van der Waals surface area (Å²) in [5.41, 5.74) is -1.07. The van der Waals surface area contributed by atoms with Crippen LogP contribution in [0, 0.1) is 11.8 Å². The number of hydrogen-bond acceptors (Lipinski definition) is 10. The minimum atomic E-state index is -4.06. The number of aromatic hydroxyl groups is 1. The van der Waals surface area contributed by atoms with Crippen molar-refractivity contribution in [2.24, 2.45) is 0 Å². The molecule has 15 heteroatoms. The van der Waals surface area contributed by atoms with Gasteiger partial charge in [0, 0.05) is 36.7 Å². The third-order valence-electron chi connectivity index (χ3n) is 8.65. The molecule has 2 saturated heterocycles. The molecule has 2 atom stereocenters. The van der Waals surface area contributed by atoms with Gasteiger partial charge in [0.25, 0.3) is 10.0 Å². The first-order valence-corrected chi connectivity index (χ1v) is 16.0. The number of anilines is 1. The SMILES string of the molecule is O=c1nc(N2C[C@H]3CC[C@@H](C2)N3)c2nc(F)c(-c3c(O)cccc3F)cc2n1-c1ccc(S(=O)(=O)n2cnc(C3CC3)n2)cc1. The molecular weight excluding hydrogens is 606 g/mol. The largest absolute Gasteiger partial charge is 0.507 e. The third kappa shape index (κ3) is 4.64. The number of pyridine rings is 1. The molecule has 45 heavy (non-hydrogen) atoms. The van der Waals surface area contributed by atoms with E-state index in [1.54, 1.807) is 0 Å². The van der Waals surface area contributed by atoms with E-state index < -0.39 is 38.8 Å². The molecule has 3 aliphatic rings. The Morgan fingerprint density at radius 3 is 2.38 bits per heavy atom. The maximum Gasteiger partial charge on any atom is 0.354 e. The normalized spacial score (nSPS) is 19.8. The lowest BCUT2D eigenvalue weighted by Crippen LogP contribution is -2.52. The van der Waals surface area contributed by atoms with Gasteiger partial charge >= 0.3 is 5.69 Å². The van der Waals surface area contributed by atoms with Crippen molar-refractivity contribution >= 4 is 26.9 Å². The number of hydrogen-bond donors (Lipinski definition) is 2. The van der Waals surface area contributed by atoms with E-state index in [0.29, 0.717) is 18.9 Å². The predicted molar refractivity (Wildman–Crippen MR) is 159 cm³/mol. The Morgan fingerprint density at radius 2 is 1.69 bits per heavy atom. The Balaban J connectivity index is 1.28. The van der Waals surface area contributed by atoms with E-state index >= 15 is 4.39 Å². The number of fused-ring (bicyclic) bond motifs is 3. The van der Waals surface area contributed by atoms with Crippen LogP contribution in [0.15, 0.2) is 64.5 Å². The highest BCUT2D eigenvalue weighted by Crippen LogP contribution is 2.38. The quantitative estimate of drug-likeness (QED) is 0.268. The van der Waals surface area contributed by atoms with Crippen molar-refractivity contribution in [2.45, 2.75) is 48.6 Å². The minimum absolute atomic E-state index is 0.0694. The van der Waals surface area contributed by atoms with E-state index in [-0.39, 0.29) is 51.0 Å². The molecule has 2 N–H and O–H groups in total. The second kappa shape index (κ2) is 10.1. The molecule has 0 unspecified atom stereocenters. The lowest BCUT2D eigenvalue weighted by atomic mass is 10.0. The third-order valence-corrected chi connectivity index (χ3v) is 10.2. The van der Waals surface area contributed by atoms with Crippen LogP contribution in [-0.2, 0) is 10.0 Å². The number of phenolic OH excluding ortho intramolecular Hbond substituents is 1. The molecule has 0 spiro atoms. The van der Waals surface area contributed by atoms with E-state index in [9.17, 15) is 22.7 Å². The van der Waals surface area contributed by atoms with Crippen LogP contribution in [0.2, 0.25) is 0 Å². The number of halogens is 2. The van der Waals surface area contributed by atoms with Crippen LogP contribution in [-0.4, -0.2) is 67.4 Å². The summed E-state index contributed by atoms with van der Waals surface area (Å²) >= 11 is 0. The van der Waals surface area contributed by atoms with Crippen LogP contribution in [0.25, 0.3) is 27.8 Å². The lowest BCUT2D eigenvalue weighted by Gasteiger charge is -2.34. The van der Waals surface area contributed by atoms with Crippen molar-refractivity contribution in [2.75, 3.05) is 18.0 Å². The molecule has 12 nitrogen and oxygen atoms in total. The molecule has 2 aliphatic heterocycles. The van der Waals surface area contributed by atoms with Gasteiger partial charge in [0.05, 0.1) is 21.7 Å². The van der Waals surface area contributed by atoms with Gasteiger partial charge in [0.2, 0.25) is 5.95 Å². The number of piperazine rings is 1. The van der Waals surface area contributed by atoms with E-state index in [4.69, 9.17) is 0 Å². The summed E-state index contributed by atoms with van der Waals surface area (Å²) in [7, 11) is -4.06. The van der Waals surface area contributed by atoms with Crippen LogP contribution in [0.3, 0.4) is 0 Å². The molecule has 1 saturated carbocycles. The number of aromatic nitrogens is 6. The molecule has 3 fully saturated rings. The molecule has 5 aromatic rings. The average Bonchev–Trinajstić information content (AvgIpc) is 3.64. The van der Waals surface area contributed by atoms with Crippen molar-refractivity contribution in [3.05, 3.63) is 82.9 Å². The summed E-state index contributed by atoms with van der Waals surface area (Å²) in [5, 5.41) is 18.1. The summed E-state index contributed by atoms with van der Waals surface area (Å²) in [5.74, 6) is -1.56. The Labute approximate surface area is 255 Å². The van der Waals surface area contributed by atoms with E-state index in [2.05, 4.69) is 25.4 Å². The Morgan fingerprint density at radius 1 is 0.956 bits per heavy atom. The zero-order chi connectivity index (χ0) is 31.0. The monoisotopic (exact) mass is 632 g/mol. The van der Waals surface area contributed by atoms with Gasteiger partial charge in [-0.15, -0.1) is 9.19 Å². The summed E-state index contributed by atoms with van der Waals surface area (Å²) in [6.45, 7) is 1.08. The van der Waals surface area contributed by atoms with Crippen molar-refractivity contribution in [3.8, 4) is 22.6 Å². The molecule has 0 radical (unpaired) electrons. The minimum Gasteiger partial charge on any atom is -0.507 e. The molecule has 2 aromatic carbocycles. The van der Waals surface area contributed by atoms with Gasteiger partial charge in [-0.3, -0.25) is 4.57 Å². The van der Waals surface area contributed by atoms with Gasteiger partial charge < -0.3 is 15.3 Å². The van der Waals surface area contributed by atoms with Crippen LogP contribution in [0.4, 0.5) is 14.6 Å². The van der Waals surface area contributed by atoms with Crippen molar-refractivity contribution in [3.63, 3.8) is 0 Å². The van der Waals surface area contributed by atoms with Gasteiger partial charge in [0.1, 0.15) is 23.4 Å². The van der Waals surface area contributed by atoms with Crippen molar-refractivity contribution < 1.29 is 22.3 Å². The number of nitrogens with zero attached hydrogens (tertiary/aromatic N) is 7. The first-order chi connectivity index (χ1) is 21.7. The zero-order valence-electron chi connectivity index (χ0n) is 23.6. The second-order valence-electron chi connectivity index (χ2n) is 11.7. The summed E-state index contributed by atoms with van der Waals surface area (Å²) in [6, 6.07) is 10.7. The maximum atomic E-state index is 15.7. The number of benzene rings is 2. The van der Waals surface area contributed by atoms with Crippen LogP contribution in [0.1, 0.15) is 37.4 Å². The number of rotatable bonds is 6. The zero-order valence-corrected chi connectivity index (χ0v) is 24.5. The van der Waals surface area contributed by atoms with Gasteiger partial charge in [0.15, 0.2) is 11.6 Å². The molecule has 0 amide bonds. The smallest absolute Gasteiger partial charge is 0.354 e. The molecule has 3 aromatic heterocycles. The predicted octanol–water partition coefficient (Wildman–Crippen LogP) is 3.08. The molecule has 8 rings (SSSR count). The Bertz CT molecular complexity index is 2130. The second-order valence-corrected chi connectivity index (χ2v) is 13.5. The van der Waals surface area contributed by atoms with Crippen LogP contribution >= 0.6 is 0 Å². The highest BCUT2D eigenvalue weighted by atomic mass is 32.2. The Kier molecular flexibility index (Phi) is 6.25. The first kappa shape index (κ1) is 27.8. The van der Waals surface area contributed by atoms with E-state index in [0.717, 1.165) is 35.8 Å². The standard InChI is InChI=1S/C30H26F2N8O4S/c31-22-2-1-3-24(41)25(22)21-12-23-26(35-27(21)32)29(38-13-17-6-7-18(14-38)34-17)36-30(42)40(23)19-8-10-20(11-9-19)45(43,44)39-15-33-28(37-39)16-4-5-16/h1-3,8-12,15-18,34,41H,4-7,13-14H2/t17-,18+. The van der Waals surface area contributed by atoms with Gasteiger partial charge in [-0.05, 0) is 68.1 Å². The lowest BCUT2D eigenvalue weighted by molar-refractivity contribution is 0.463. The topological polar surface area (TPSA) is 148 Å². The fraction of sp³-hybridized carbons (Fsp3) is 0.300. The van der Waals surface area contributed by atoms with Gasteiger partial charge in [-0.25, -0.2) is 19.2 Å². The van der Waals surface area contributed by atoms with Crippen LogP contribution < -0.4 is 15.9 Å². The summed E-state index contributed by atoms with van der Waals surface area (Å²) < 4.78 is 59.1. The number of phenols is 1. The van der Waals surface area contributed by atoms with Gasteiger partial charge in [-0.2, -0.15) is 17.8 Å². The van der Waals surface area contributed by atoms with Gasteiger partial charge in [-0.1, -0.05) is 6.07 Å². The molecule has 230 valence electrons. The molecule has 5 heterocycles. The first-order valence-electron chi connectivity index (χ1n) is 14.6. The van der Waals surface area contributed by atoms with Crippen molar-refractivity contribution in [1.29, 1.82) is 0 Å². The molecule has 2 bridgehead atoms. The van der Waals surface area contributed by atoms with E-state index in [1.807, 2.05) is 4.90 Å². The number of nitrogens with one attached hydrogen (secondary N) is 1. The van der Waals surface area contributed by atoms with E-state index in [1.165, 1.54) is 53.4 Å². The Hall–Kier alpha value is -4.76. The fourth-order valence-corrected chi connectivity index (χ4v) is 7.35. The van der Waals surface area contributed by atoms with Crippen LogP contribution in [0.5, 0.6) is 5.75 Å². The summed E-state index contributed by atoms with van der Waals surface area (Å²) in [6.07, 6.45) is 4.92. The maximum absolute atomic E-state index is 15.7.